The van der Waals surface area contributed by atoms with Crippen LogP contribution in [0.5, 0.6) is 0 Å². The van der Waals surface area contributed by atoms with Gasteiger partial charge in [-0.15, -0.1) is 0 Å². The number of guanidine groups is 1. The van der Waals surface area contributed by atoms with E-state index in [-0.39, 0.29) is 5.96 Å². The predicted octanol–water partition coefficient (Wildman–Crippen LogP) is -0.778. The van der Waals surface area contributed by atoms with E-state index in [1.165, 1.54) is 6.92 Å². The number of nitrogens with one attached hydrogen (secondary N) is 1. The Morgan fingerprint density at radius 3 is 2.31 bits per heavy atom. The standard InChI is InChI=1S/C7H16N4O2/c1-6(12)13-11(7(8)9)5-4-10(2)3/h4-5H2,1-3H3,(H3,8,9). The maximum absolute atomic E-state index is 10.6. The Kier molecular flexibility index (Phi) is 4.83. The maximum Gasteiger partial charge on any atom is 0.329 e. The number of nitrogens with zero attached hydrogens (tertiary/aromatic N) is 2. The van der Waals surface area contributed by atoms with Crippen LogP contribution in [0.25, 0.3) is 0 Å². The molecule has 3 N–H and O–H groups in total. The summed E-state index contributed by atoms with van der Waals surface area (Å²) in [6, 6.07) is 0. The summed E-state index contributed by atoms with van der Waals surface area (Å²) >= 11 is 0. The molecule has 0 saturated carbocycles. The van der Waals surface area contributed by atoms with Crippen molar-refractivity contribution >= 4 is 11.9 Å². The molecule has 6 nitrogen and oxygen atoms in total. The van der Waals surface area contributed by atoms with Crippen LogP contribution in [0.1, 0.15) is 6.92 Å². The molecule has 13 heavy (non-hydrogen) atoms. The van der Waals surface area contributed by atoms with Crippen LogP contribution in [-0.2, 0) is 9.63 Å². The first kappa shape index (κ1) is 11.7. The molecule has 76 valence electrons. The lowest BCUT2D eigenvalue weighted by Crippen LogP contribution is -2.41. The number of rotatable bonds is 3. The van der Waals surface area contributed by atoms with Crippen molar-refractivity contribution in [1.29, 1.82) is 5.41 Å². The summed E-state index contributed by atoms with van der Waals surface area (Å²) in [5.74, 6) is -0.744. The topological polar surface area (TPSA) is 82.7 Å². The highest BCUT2D eigenvalue weighted by atomic mass is 16.7. The number of hydrogen-bond acceptors (Lipinski definition) is 4. The first-order chi connectivity index (χ1) is 5.93. The molecule has 0 radical (unpaired) electrons. The van der Waals surface area contributed by atoms with E-state index >= 15 is 0 Å². The number of nitrogens with two attached hydrogens (primary N) is 1. The summed E-state index contributed by atoms with van der Waals surface area (Å²) in [5.41, 5.74) is 5.18. The van der Waals surface area contributed by atoms with Crippen LogP contribution >= 0.6 is 0 Å². The second-order valence-electron chi connectivity index (χ2n) is 2.87. The molecule has 0 aliphatic heterocycles. The van der Waals surface area contributed by atoms with Gasteiger partial charge in [0, 0.05) is 13.5 Å². The van der Waals surface area contributed by atoms with E-state index < -0.39 is 5.97 Å². The van der Waals surface area contributed by atoms with Gasteiger partial charge in [0.05, 0.1) is 6.54 Å². The van der Waals surface area contributed by atoms with Gasteiger partial charge < -0.3 is 15.5 Å². The molecule has 0 spiro atoms. The molecule has 0 saturated heterocycles. The third-order valence-corrected chi connectivity index (χ3v) is 1.26. The number of hydrogen-bond donors (Lipinski definition) is 2. The van der Waals surface area contributed by atoms with Crippen molar-refractivity contribution in [3.63, 3.8) is 0 Å². The van der Waals surface area contributed by atoms with Gasteiger partial charge in [0.1, 0.15) is 0 Å². The van der Waals surface area contributed by atoms with Crippen LogP contribution in [0.2, 0.25) is 0 Å². The molecule has 0 amide bonds. The first-order valence-electron chi connectivity index (χ1n) is 3.88. The van der Waals surface area contributed by atoms with E-state index in [4.69, 9.17) is 11.1 Å². The minimum atomic E-state index is -0.478. The van der Waals surface area contributed by atoms with Gasteiger partial charge in [-0.05, 0) is 14.1 Å². The van der Waals surface area contributed by atoms with Gasteiger partial charge in [-0.2, -0.15) is 5.06 Å². The number of carbonyl (C=O) groups is 1. The average molecular weight is 188 g/mol. The molecule has 0 aromatic rings. The summed E-state index contributed by atoms with van der Waals surface area (Å²) in [6.07, 6.45) is 0. The molecular formula is C7H16N4O2. The van der Waals surface area contributed by atoms with Gasteiger partial charge in [0.25, 0.3) is 0 Å². The van der Waals surface area contributed by atoms with Gasteiger partial charge in [-0.3, -0.25) is 10.2 Å². The zero-order valence-electron chi connectivity index (χ0n) is 8.20. The van der Waals surface area contributed by atoms with Crippen LogP contribution in [0, 0.1) is 5.41 Å². The second kappa shape index (κ2) is 5.36. The molecule has 0 aromatic heterocycles. The van der Waals surface area contributed by atoms with E-state index in [0.29, 0.717) is 13.1 Å². The van der Waals surface area contributed by atoms with E-state index in [0.717, 1.165) is 5.06 Å². The second-order valence-corrected chi connectivity index (χ2v) is 2.87. The fourth-order valence-electron chi connectivity index (χ4n) is 0.661. The molecule has 0 heterocycles. The summed E-state index contributed by atoms with van der Waals surface area (Å²) in [6.45, 7) is 2.32. The fourth-order valence-corrected chi connectivity index (χ4v) is 0.661. The molecule has 0 rings (SSSR count). The van der Waals surface area contributed by atoms with Crippen molar-refractivity contribution in [3.8, 4) is 0 Å². The number of carbonyl (C=O) groups excluding carboxylic acids is 1. The predicted molar refractivity (Wildman–Crippen MR) is 48.9 cm³/mol. The highest BCUT2D eigenvalue weighted by Gasteiger charge is 2.09. The van der Waals surface area contributed by atoms with Crippen LogP contribution in [0.15, 0.2) is 0 Å². The first-order valence-corrected chi connectivity index (χ1v) is 3.88. The number of likely N-dealkylation sites (N-methyl/N-ethyl adjacent to an activating group) is 1. The number of hydroxylamine groups is 2. The van der Waals surface area contributed by atoms with E-state index in [1.54, 1.807) is 0 Å². The van der Waals surface area contributed by atoms with Gasteiger partial charge >= 0.3 is 5.97 Å². The largest absolute Gasteiger partial charge is 0.368 e. The molecule has 0 unspecified atom stereocenters. The summed E-state index contributed by atoms with van der Waals surface area (Å²) in [7, 11) is 3.76. The van der Waals surface area contributed by atoms with Crippen molar-refractivity contribution in [2.24, 2.45) is 5.73 Å². The van der Waals surface area contributed by atoms with Crippen molar-refractivity contribution < 1.29 is 9.63 Å². The molecule has 0 atom stereocenters. The zero-order valence-corrected chi connectivity index (χ0v) is 8.20. The molecule has 0 bridgehead atoms. The monoisotopic (exact) mass is 188 g/mol. The Balaban J connectivity index is 3.95. The SMILES string of the molecule is CC(=O)ON(CCN(C)C)C(=N)N. The van der Waals surface area contributed by atoms with E-state index in [1.807, 2.05) is 19.0 Å². The zero-order chi connectivity index (χ0) is 10.4. The van der Waals surface area contributed by atoms with Gasteiger partial charge in [0.2, 0.25) is 5.96 Å². The van der Waals surface area contributed by atoms with Gasteiger partial charge in [0.15, 0.2) is 0 Å². The summed E-state index contributed by atoms with van der Waals surface area (Å²) in [4.78, 5) is 17.2. The Morgan fingerprint density at radius 1 is 1.46 bits per heavy atom. The Bertz CT molecular complexity index is 193. The van der Waals surface area contributed by atoms with Crippen molar-refractivity contribution in [2.45, 2.75) is 6.92 Å². The van der Waals surface area contributed by atoms with Gasteiger partial charge in [-0.25, -0.2) is 0 Å². The smallest absolute Gasteiger partial charge is 0.329 e. The quantitative estimate of drug-likeness (QED) is 0.345. The Morgan fingerprint density at radius 2 is 2.00 bits per heavy atom. The molecule has 0 aliphatic carbocycles. The lowest BCUT2D eigenvalue weighted by Gasteiger charge is -2.21. The average Bonchev–Trinajstić information content (AvgIpc) is 1.96. The van der Waals surface area contributed by atoms with Crippen molar-refractivity contribution in [1.82, 2.24) is 9.96 Å². The molecule has 6 heteroatoms. The Hall–Kier alpha value is -1.30. The Labute approximate surface area is 77.7 Å². The lowest BCUT2D eigenvalue weighted by molar-refractivity contribution is -0.170. The highest BCUT2D eigenvalue weighted by Crippen LogP contribution is 1.90. The van der Waals surface area contributed by atoms with Crippen LogP contribution in [-0.4, -0.2) is 49.1 Å². The minimum absolute atomic E-state index is 0.267. The molecule has 0 aliphatic rings. The molecular weight excluding hydrogens is 172 g/mol. The van der Waals surface area contributed by atoms with Crippen LogP contribution in [0.3, 0.4) is 0 Å². The molecule has 0 fully saturated rings. The van der Waals surface area contributed by atoms with Crippen molar-refractivity contribution in [3.05, 3.63) is 0 Å². The maximum atomic E-state index is 10.6. The highest BCUT2D eigenvalue weighted by molar-refractivity contribution is 5.76. The summed E-state index contributed by atoms with van der Waals surface area (Å²) in [5, 5.41) is 8.16. The van der Waals surface area contributed by atoms with Crippen LogP contribution in [0.4, 0.5) is 0 Å². The molecule has 0 aromatic carbocycles. The third-order valence-electron chi connectivity index (χ3n) is 1.26. The van der Waals surface area contributed by atoms with E-state index in [9.17, 15) is 4.79 Å². The fraction of sp³-hybridized carbons (Fsp3) is 0.714. The van der Waals surface area contributed by atoms with Gasteiger partial charge in [-0.1, -0.05) is 0 Å². The van der Waals surface area contributed by atoms with Crippen LogP contribution < -0.4 is 5.73 Å². The van der Waals surface area contributed by atoms with Crippen molar-refractivity contribution in [2.75, 3.05) is 27.2 Å². The minimum Gasteiger partial charge on any atom is -0.368 e. The normalized spacial score (nSPS) is 9.85. The lowest BCUT2D eigenvalue weighted by atomic mass is 10.5. The van der Waals surface area contributed by atoms with E-state index in [2.05, 4.69) is 4.84 Å². The summed E-state index contributed by atoms with van der Waals surface area (Å²) < 4.78 is 0. The third kappa shape index (κ3) is 5.92.